The monoisotopic (exact) mass is 356 g/mol. The molecular weight excluding hydrogens is 320 g/mol. The van der Waals surface area contributed by atoms with Crippen LogP contribution < -0.4 is 0 Å². The molecule has 1 unspecified atom stereocenters. The van der Waals surface area contributed by atoms with Crippen molar-refractivity contribution in [3.8, 4) is 0 Å². The Hall–Kier alpha value is -1.44. The van der Waals surface area contributed by atoms with Crippen molar-refractivity contribution in [3.63, 3.8) is 0 Å². The zero-order chi connectivity index (χ0) is 18.8. The van der Waals surface area contributed by atoms with Gasteiger partial charge in [-0.2, -0.15) is 0 Å². The van der Waals surface area contributed by atoms with Crippen LogP contribution in [0, 0.1) is 11.8 Å². The van der Waals surface area contributed by atoms with Gasteiger partial charge in [0.15, 0.2) is 11.6 Å². The number of ketones is 2. The second-order valence-corrected chi connectivity index (χ2v) is 7.92. The van der Waals surface area contributed by atoms with Crippen molar-refractivity contribution < 1.29 is 9.59 Å². The lowest BCUT2D eigenvalue weighted by atomic mass is 9.80. The summed E-state index contributed by atoms with van der Waals surface area (Å²) in [6.07, 6.45) is 14.4. The molecule has 0 saturated heterocycles. The van der Waals surface area contributed by atoms with E-state index in [-0.39, 0.29) is 17.5 Å². The third kappa shape index (κ3) is 5.53. The van der Waals surface area contributed by atoms with Crippen molar-refractivity contribution in [1.82, 2.24) is 0 Å². The first kappa shape index (κ1) is 20.9. The highest BCUT2D eigenvalue weighted by Gasteiger charge is 2.42. The van der Waals surface area contributed by atoms with Gasteiger partial charge in [-0.05, 0) is 18.8 Å². The van der Waals surface area contributed by atoms with Crippen LogP contribution in [-0.2, 0) is 0 Å². The molecule has 1 aromatic rings. The second-order valence-electron chi connectivity index (χ2n) is 7.92. The van der Waals surface area contributed by atoms with E-state index in [4.69, 9.17) is 0 Å². The summed E-state index contributed by atoms with van der Waals surface area (Å²) in [7, 11) is 0. The Morgan fingerprint density at radius 3 is 1.62 bits per heavy atom. The van der Waals surface area contributed by atoms with Crippen LogP contribution >= 0.6 is 0 Å². The van der Waals surface area contributed by atoms with E-state index in [0.717, 1.165) is 25.7 Å². The molecule has 2 nitrogen and oxygen atoms in total. The Morgan fingerprint density at radius 1 is 0.692 bits per heavy atom. The van der Waals surface area contributed by atoms with Gasteiger partial charge in [0, 0.05) is 11.1 Å². The van der Waals surface area contributed by atoms with Crippen LogP contribution in [0.25, 0.3) is 0 Å². The van der Waals surface area contributed by atoms with Gasteiger partial charge < -0.3 is 0 Å². The zero-order valence-electron chi connectivity index (χ0n) is 16.8. The SMILES string of the molecule is CCCCCCCCC(CCCCCC)C1C(=O)c2ccccc2C1=O. The predicted molar refractivity (Wildman–Crippen MR) is 109 cm³/mol. The van der Waals surface area contributed by atoms with Gasteiger partial charge in [-0.25, -0.2) is 0 Å². The van der Waals surface area contributed by atoms with Crippen molar-refractivity contribution in [2.75, 3.05) is 0 Å². The molecule has 1 aromatic carbocycles. The van der Waals surface area contributed by atoms with Crippen LogP contribution in [0.1, 0.15) is 112 Å². The summed E-state index contributed by atoms with van der Waals surface area (Å²) in [4.78, 5) is 25.8. The fourth-order valence-electron chi connectivity index (χ4n) is 4.29. The Kier molecular flexibility index (Phi) is 9.08. The van der Waals surface area contributed by atoms with Crippen molar-refractivity contribution in [2.24, 2.45) is 11.8 Å². The van der Waals surface area contributed by atoms with Gasteiger partial charge in [-0.1, -0.05) is 102 Å². The highest BCUT2D eigenvalue weighted by atomic mass is 16.2. The third-order valence-electron chi connectivity index (χ3n) is 5.85. The van der Waals surface area contributed by atoms with E-state index in [1.807, 2.05) is 24.3 Å². The number of unbranched alkanes of at least 4 members (excludes halogenated alkanes) is 8. The van der Waals surface area contributed by atoms with Crippen molar-refractivity contribution in [1.29, 1.82) is 0 Å². The largest absolute Gasteiger partial charge is 0.293 e. The Morgan fingerprint density at radius 2 is 1.12 bits per heavy atom. The number of hydrogen-bond donors (Lipinski definition) is 0. The Balaban J connectivity index is 1.96. The highest BCUT2D eigenvalue weighted by Crippen LogP contribution is 2.36. The summed E-state index contributed by atoms with van der Waals surface area (Å²) in [5.41, 5.74) is 1.31. The molecule has 1 atom stereocenters. The van der Waals surface area contributed by atoms with Gasteiger partial charge in [0.05, 0.1) is 5.92 Å². The van der Waals surface area contributed by atoms with Gasteiger partial charge in [-0.15, -0.1) is 0 Å². The molecule has 1 aliphatic rings. The maximum atomic E-state index is 12.9. The number of rotatable bonds is 13. The fraction of sp³-hybridized carbons (Fsp3) is 0.667. The van der Waals surface area contributed by atoms with E-state index < -0.39 is 5.92 Å². The summed E-state index contributed by atoms with van der Waals surface area (Å²) in [6.45, 7) is 4.45. The Bertz CT molecular complexity index is 540. The first-order valence-electron chi connectivity index (χ1n) is 10.9. The van der Waals surface area contributed by atoms with Crippen LogP contribution in [-0.4, -0.2) is 11.6 Å². The molecule has 0 heterocycles. The van der Waals surface area contributed by atoms with Crippen LogP contribution in [0.5, 0.6) is 0 Å². The summed E-state index contributed by atoms with van der Waals surface area (Å²) in [6, 6.07) is 7.40. The number of Topliss-reactive ketones (excluding diaryl/α,β-unsaturated/α-hetero) is 2. The van der Waals surface area contributed by atoms with Gasteiger partial charge in [0.25, 0.3) is 0 Å². The molecule has 0 radical (unpaired) electrons. The number of carbonyl (C=O) groups is 2. The number of benzene rings is 1. The average molecular weight is 357 g/mol. The lowest BCUT2D eigenvalue weighted by molar-refractivity contribution is 0.0767. The first-order chi connectivity index (χ1) is 12.7. The molecule has 0 aliphatic heterocycles. The van der Waals surface area contributed by atoms with E-state index in [2.05, 4.69) is 13.8 Å². The summed E-state index contributed by atoms with van der Waals surface area (Å²) >= 11 is 0. The van der Waals surface area contributed by atoms with Crippen LogP contribution in [0.2, 0.25) is 0 Å². The minimum absolute atomic E-state index is 0.0806. The summed E-state index contributed by atoms with van der Waals surface area (Å²) in [5, 5.41) is 0. The van der Waals surface area contributed by atoms with E-state index in [9.17, 15) is 9.59 Å². The maximum absolute atomic E-state index is 12.9. The summed E-state index contributed by atoms with van der Waals surface area (Å²) in [5.74, 6) is -0.0238. The average Bonchev–Trinajstić information content (AvgIpc) is 2.91. The van der Waals surface area contributed by atoms with Gasteiger partial charge in [-0.3, -0.25) is 9.59 Å². The number of fused-ring (bicyclic) bond motifs is 1. The molecule has 0 amide bonds. The molecule has 0 spiro atoms. The smallest absolute Gasteiger partial charge is 0.174 e. The third-order valence-corrected chi connectivity index (χ3v) is 5.85. The van der Waals surface area contributed by atoms with E-state index in [1.165, 1.54) is 51.4 Å². The maximum Gasteiger partial charge on any atom is 0.174 e. The summed E-state index contributed by atoms with van der Waals surface area (Å²) < 4.78 is 0. The van der Waals surface area contributed by atoms with Crippen molar-refractivity contribution in [2.45, 2.75) is 90.9 Å². The molecule has 0 bridgehead atoms. The minimum Gasteiger partial charge on any atom is -0.293 e. The van der Waals surface area contributed by atoms with Crippen LogP contribution in [0.3, 0.4) is 0 Å². The van der Waals surface area contributed by atoms with E-state index >= 15 is 0 Å². The standard InChI is InChI=1S/C24H36O2/c1-3-5-7-9-10-12-16-19(15-11-8-6-4-2)22-23(25)20-17-13-14-18-21(20)24(22)26/h13-14,17-19,22H,3-12,15-16H2,1-2H3. The van der Waals surface area contributed by atoms with E-state index in [0.29, 0.717) is 11.1 Å². The predicted octanol–water partition coefficient (Wildman–Crippen LogP) is 7.02. The van der Waals surface area contributed by atoms with Crippen molar-refractivity contribution >= 4 is 11.6 Å². The zero-order valence-corrected chi connectivity index (χ0v) is 16.8. The molecule has 0 N–H and O–H groups in total. The Labute approximate surface area is 159 Å². The molecule has 26 heavy (non-hydrogen) atoms. The minimum atomic E-state index is -0.412. The topological polar surface area (TPSA) is 34.1 Å². The van der Waals surface area contributed by atoms with Crippen LogP contribution in [0.4, 0.5) is 0 Å². The molecule has 0 fully saturated rings. The first-order valence-corrected chi connectivity index (χ1v) is 10.9. The molecule has 144 valence electrons. The number of carbonyl (C=O) groups excluding carboxylic acids is 2. The quantitative estimate of drug-likeness (QED) is 0.281. The van der Waals surface area contributed by atoms with Crippen LogP contribution in [0.15, 0.2) is 24.3 Å². The van der Waals surface area contributed by atoms with E-state index in [1.54, 1.807) is 0 Å². The van der Waals surface area contributed by atoms with Gasteiger partial charge in [0.2, 0.25) is 0 Å². The van der Waals surface area contributed by atoms with Gasteiger partial charge >= 0.3 is 0 Å². The molecule has 0 saturated carbocycles. The lowest BCUT2D eigenvalue weighted by Crippen LogP contribution is -2.25. The normalized spacial score (nSPS) is 15.5. The lowest BCUT2D eigenvalue weighted by Gasteiger charge is -2.21. The molecule has 2 heteroatoms. The molecule has 1 aliphatic carbocycles. The number of hydrogen-bond acceptors (Lipinski definition) is 2. The fourth-order valence-corrected chi connectivity index (χ4v) is 4.29. The molecular formula is C24H36O2. The molecule has 0 aromatic heterocycles. The van der Waals surface area contributed by atoms with Crippen molar-refractivity contribution in [3.05, 3.63) is 35.4 Å². The molecule has 2 rings (SSSR count). The van der Waals surface area contributed by atoms with Gasteiger partial charge in [0.1, 0.15) is 0 Å². The second kappa shape index (κ2) is 11.3. The highest BCUT2D eigenvalue weighted by molar-refractivity contribution is 6.26.